The van der Waals surface area contributed by atoms with Gasteiger partial charge in [-0.3, -0.25) is 9.59 Å². The van der Waals surface area contributed by atoms with Gasteiger partial charge < -0.3 is 15.4 Å². The molecule has 18 heavy (non-hydrogen) atoms. The number of carbonyl (C=O) groups is 2. The van der Waals surface area contributed by atoms with Crippen LogP contribution >= 0.6 is 11.6 Å². The van der Waals surface area contributed by atoms with Crippen molar-refractivity contribution in [3.05, 3.63) is 23.2 Å². The largest absolute Gasteiger partial charge is 0.495 e. The zero-order valence-corrected chi connectivity index (χ0v) is 10.6. The normalized spacial score (nSPS) is 19.1. The Kier molecular flexibility index (Phi) is 3.43. The molecule has 1 unspecified atom stereocenters. The van der Waals surface area contributed by atoms with Gasteiger partial charge in [-0.1, -0.05) is 17.7 Å². The van der Waals surface area contributed by atoms with Gasteiger partial charge in [0, 0.05) is 13.0 Å². The number of para-hydroxylation sites is 1. The van der Waals surface area contributed by atoms with Crippen molar-refractivity contribution in [2.45, 2.75) is 6.42 Å². The number of carbonyl (C=O) groups excluding carboxylic acids is 2. The van der Waals surface area contributed by atoms with Crippen molar-refractivity contribution in [3.8, 4) is 5.75 Å². The molecule has 1 aromatic rings. The molecule has 0 aliphatic carbocycles. The zero-order chi connectivity index (χ0) is 13.3. The van der Waals surface area contributed by atoms with Crippen molar-refractivity contribution < 1.29 is 14.3 Å². The van der Waals surface area contributed by atoms with E-state index in [0.29, 0.717) is 16.5 Å². The van der Waals surface area contributed by atoms with E-state index in [1.807, 2.05) is 0 Å². The van der Waals surface area contributed by atoms with E-state index in [1.54, 1.807) is 18.2 Å². The summed E-state index contributed by atoms with van der Waals surface area (Å²) in [7, 11) is 1.50. The molecule has 0 spiro atoms. The van der Waals surface area contributed by atoms with Crippen LogP contribution in [0.3, 0.4) is 0 Å². The quantitative estimate of drug-likeness (QED) is 0.895. The number of hydrogen-bond donors (Lipinski definition) is 1. The van der Waals surface area contributed by atoms with E-state index < -0.39 is 11.8 Å². The van der Waals surface area contributed by atoms with Crippen molar-refractivity contribution >= 4 is 29.1 Å². The van der Waals surface area contributed by atoms with E-state index >= 15 is 0 Å². The fourth-order valence-corrected chi connectivity index (χ4v) is 2.30. The number of benzene rings is 1. The Morgan fingerprint density at radius 3 is 2.83 bits per heavy atom. The van der Waals surface area contributed by atoms with Crippen LogP contribution in [0.1, 0.15) is 6.42 Å². The van der Waals surface area contributed by atoms with E-state index in [9.17, 15) is 9.59 Å². The second-order valence-electron chi connectivity index (χ2n) is 4.10. The third kappa shape index (κ3) is 2.13. The number of amides is 2. The van der Waals surface area contributed by atoms with Crippen LogP contribution in [0.25, 0.3) is 0 Å². The van der Waals surface area contributed by atoms with Gasteiger partial charge in [-0.25, -0.2) is 0 Å². The highest BCUT2D eigenvalue weighted by Gasteiger charge is 2.36. The third-order valence-corrected chi connectivity index (χ3v) is 3.27. The van der Waals surface area contributed by atoms with Crippen LogP contribution in [0.5, 0.6) is 5.75 Å². The Balaban J connectivity index is 2.38. The van der Waals surface area contributed by atoms with Gasteiger partial charge in [-0.15, -0.1) is 0 Å². The maximum Gasteiger partial charge on any atom is 0.228 e. The van der Waals surface area contributed by atoms with Gasteiger partial charge in [0.25, 0.3) is 0 Å². The average Bonchev–Trinajstić information content (AvgIpc) is 2.71. The van der Waals surface area contributed by atoms with E-state index in [-0.39, 0.29) is 18.9 Å². The Bertz CT molecular complexity index is 504. The lowest BCUT2D eigenvalue weighted by atomic mass is 10.1. The number of nitrogens with two attached hydrogens (primary N) is 1. The minimum Gasteiger partial charge on any atom is -0.495 e. The summed E-state index contributed by atoms with van der Waals surface area (Å²) in [5.74, 6) is -0.624. The highest BCUT2D eigenvalue weighted by atomic mass is 35.5. The summed E-state index contributed by atoms with van der Waals surface area (Å²) in [6.45, 7) is 0.244. The van der Waals surface area contributed by atoms with Crippen molar-refractivity contribution in [1.82, 2.24) is 0 Å². The summed E-state index contributed by atoms with van der Waals surface area (Å²) < 4.78 is 5.19. The fraction of sp³-hybridized carbons (Fsp3) is 0.333. The molecule has 1 fully saturated rings. The molecule has 1 aliphatic heterocycles. The summed E-state index contributed by atoms with van der Waals surface area (Å²) in [5.41, 5.74) is 5.72. The number of hydrogen-bond acceptors (Lipinski definition) is 3. The predicted molar refractivity (Wildman–Crippen MR) is 67.7 cm³/mol. The van der Waals surface area contributed by atoms with Gasteiger partial charge in [0.15, 0.2) is 0 Å². The maximum atomic E-state index is 11.9. The standard InChI is InChI=1S/C12H13ClN2O3/c1-18-9-4-2-3-8(13)11(9)15-6-7(12(14)17)5-10(15)16/h2-4,7H,5-6H2,1H3,(H2,14,17). The van der Waals surface area contributed by atoms with Crippen LogP contribution < -0.4 is 15.4 Å². The highest BCUT2D eigenvalue weighted by Crippen LogP contribution is 2.38. The van der Waals surface area contributed by atoms with Crippen LogP contribution in [-0.2, 0) is 9.59 Å². The molecule has 1 aromatic carbocycles. The van der Waals surface area contributed by atoms with Gasteiger partial charge in [-0.2, -0.15) is 0 Å². The second-order valence-corrected chi connectivity index (χ2v) is 4.51. The number of ether oxygens (including phenoxy) is 1. The van der Waals surface area contributed by atoms with Gasteiger partial charge >= 0.3 is 0 Å². The van der Waals surface area contributed by atoms with Gasteiger partial charge in [0.2, 0.25) is 11.8 Å². The second kappa shape index (κ2) is 4.86. The molecule has 1 aliphatic rings. The minimum atomic E-state index is -0.475. The Morgan fingerprint density at radius 2 is 2.28 bits per heavy atom. The molecular formula is C12H13ClN2O3. The summed E-state index contributed by atoms with van der Waals surface area (Å²) in [6, 6.07) is 5.12. The topological polar surface area (TPSA) is 72.6 Å². The average molecular weight is 269 g/mol. The molecule has 5 nitrogen and oxygen atoms in total. The number of halogens is 1. The van der Waals surface area contributed by atoms with E-state index in [0.717, 1.165) is 0 Å². The lowest BCUT2D eigenvalue weighted by Crippen LogP contribution is -2.28. The first-order chi connectivity index (χ1) is 8.54. The van der Waals surface area contributed by atoms with Crippen LogP contribution in [0.15, 0.2) is 18.2 Å². The maximum absolute atomic E-state index is 11.9. The first-order valence-corrected chi connectivity index (χ1v) is 5.84. The van der Waals surface area contributed by atoms with E-state index in [4.69, 9.17) is 22.1 Å². The molecule has 0 radical (unpaired) electrons. The number of nitrogens with zero attached hydrogens (tertiary/aromatic N) is 1. The zero-order valence-electron chi connectivity index (χ0n) is 9.85. The SMILES string of the molecule is COc1cccc(Cl)c1N1CC(C(N)=O)CC1=O. The van der Waals surface area contributed by atoms with Gasteiger partial charge in [0.05, 0.1) is 18.1 Å². The van der Waals surface area contributed by atoms with Crippen LogP contribution in [0.4, 0.5) is 5.69 Å². The predicted octanol–water partition coefficient (Wildman–Crippen LogP) is 1.19. The molecule has 1 saturated heterocycles. The molecule has 1 atom stereocenters. The van der Waals surface area contributed by atoms with E-state index in [2.05, 4.69) is 0 Å². The molecule has 2 amide bonds. The lowest BCUT2D eigenvalue weighted by molar-refractivity contribution is -0.123. The first-order valence-electron chi connectivity index (χ1n) is 5.46. The summed E-state index contributed by atoms with van der Waals surface area (Å²) in [5, 5.41) is 0.410. The number of primary amides is 1. The van der Waals surface area contributed by atoms with E-state index in [1.165, 1.54) is 12.0 Å². The fourth-order valence-electron chi connectivity index (χ4n) is 2.04. The minimum absolute atomic E-state index is 0.115. The van der Waals surface area contributed by atoms with Crippen LogP contribution in [-0.4, -0.2) is 25.5 Å². The summed E-state index contributed by atoms with van der Waals surface area (Å²) in [4.78, 5) is 24.5. The summed E-state index contributed by atoms with van der Waals surface area (Å²) >= 11 is 6.09. The first kappa shape index (κ1) is 12.7. The van der Waals surface area contributed by atoms with Gasteiger partial charge in [0.1, 0.15) is 11.4 Å². The Hall–Kier alpha value is -1.75. The van der Waals surface area contributed by atoms with Crippen molar-refractivity contribution in [2.24, 2.45) is 11.7 Å². The van der Waals surface area contributed by atoms with Crippen molar-refractivity contribution in [1.29, 1.82) is 0 Å². The molecule has 2 rings (SSSR count). The molecule has 0 bridgehead atoms. The Labute approximate surface area is 109 Å². The molecular weight excluding hydrogens is 256 g/mol. The van der Waals surface area contributed by atoms with Crippen molar-refractivity contribution in [2.75, 3.05) is 18.6 Å². The number of rotatable bonds is 3. The molecule has 0 aromatic heterocycles. The lowest BCUT2D eigenvalue weighted by Gasteiger charge is -2.20. The third-order valence-electron chi connectivity index (χ3n) is 2.97. The molecule has 1 heterocycles. The molecule has 6 heteroatoms. The highest BCUT2D eigenvalue weighted by molar-refractivity contribution is 6.34. The number of anilines is 1. The van der Waals surface area contributed by atoms with Gasteiger partial charge in [-0.05, 0) is 12.1 Å². The smallest absolute Gasteiger partial charge is 0.228 e. The molecule has 96 valence electrons. The summed E-state index contributed by atoms with van der Waals surface area (Å²) in [6.07, 6.45) is 0.115. The Morgan fingerprint density at radius 1 is 1.56 bits per heavy atom. The number of methoxy groups -OCH3 is 1. The monoisotopic (exact) mass is 268 g/mol. The molecule has 0 saturated carbocycles. The van der Waals surface area contributed by atoms with Crippen LogP contribution in [0, 0.1) is 5.92 Å². The molecule has 2 N–H and O–H groups in total. The van der Waals surface area contributed by atoms with Crippen molar-refractivity contribution in [3.63, 3.8) is 0 Å². The van der Waals surface area contributed by atoms with Crippen LogP contribution in [0.2, 0.25) is 5.02 Å².